The monoisotopic (exact) mass is 273 g/mol. The van der Waals surface area contributed by atoms with E-state index in [-0.39, 0.29) is 18.6 Å². The smallest absolute Gasteiger partial charge is 0.315 e. The average Bonchev–Trinajstić information content (AvgIpc) is 2.31. The number of hydrogen-bond acceptors (Lipinski definition) is 3. The van der Waals surface area contributed by atoms with Gasteiger partial charge in [-0.2, -0.15) is 0 Å². The zero-order chi connectivity index (χ0) is 14.8. The standard InChI is InChI=1S/C13H27N3O3/c1-5-6-11(12(17)18)9-14-13(19)15-10(2)7-8-16(3)4/h10-11H,5-9H2,1-4H3,(H,17,18)(H2,14,15,19). The topological polar surface area (TPSA) is 81.7 Å². The van der Waals surface area contributed by atoms with Crippen LogP contribution in [0.25, 0.3) is 0 Å². The molecule has 0 aromatic heterocycles. The molecule has 0 fully saturated rings. The molecule has 0 spiro atoms. The highest BCUT2D eigenvalue weighted by Gasteiger charge is 2.17. The van der Waals surface area contributed by atoms with Gasteiger partial charge in [0.1, 0.15) is 0 Å². The van der Waals surface area contributed by atoms with E-state index in [9.17, 15) is 9.59 Å². The summed E-state index contributed by atoms with van der Waals surface area (Å²) in [7, 11) is 3.96. The number of carboxylic acid groups (broad SMARTS) is 1. The van der Waals surface area contributed by atoms with Gasteiger partial charge < -0.3 is 20.6 Å². The average molecular weight is 273 g/mol. The molecule has 0 aliphatic rings. The fourth-order valence-electron chi connectivity index (χ4n) is 1.68. The lowest BCUT2D eigenvalue weighted by molar-refractivity contribution is -0.141. The van der Waals surface area contributed by atoms with Crippen LogP contribution in [0.1, 0.15) is 33.1 Å². The van der Waals surface area contributed by atoms with Crippen molar-refractivity contribution in [1.29, 1.82) is 0 Å². The molecular weight excluding hydrogens is 246 g/mol. The third-order valence-electron chi connectivity index (χ3n) is 2.88. The molecule has 2 unspecified atom stereocenters. The first kappa shape index (κ1) is 17.7. The molecule has 6 nitrogen and oxygen atoms in total. The Morgan fingerprint density at radius 3 is 2.37 bits per heavy atom. The molecule has 2 amide bonds. The third kappa shape index (κ3) is 9.30. The minimum Gasteiger partial charge on any atom is -0.481 e. The Morgan fingerprint density at radius 1 is 1.26 bits per heavy atom. The molecule has 0 aromatic carbocycles. The van der Waals surface area contributed by atoms with Crippen LogP contribution >= 0.6 is 0 Å². The summed E-state index contributed by atoms with van der Waals surface area (Å²) in [5.74, 6) is -1.37. The molecule has 19 heavy (non-hydrogen) atoms. The highest BCUT2D eigenvalue weighted by Crippen LogP contribution is 2.04. The van der Waals surface area contributed by atoms with Crippen molar-refractivity contribution in [3.63, 3.8) is 0 Å². The minimum absolute atomic E-state index is 0.0665. The number of carboxylic acids is 1. The largest absolute Gasteiger partial charge is 0.481 e. The molecule has 0 rings (SSSR count). The van der Waals surface area contributed by atoms with E-state index in [0.717, 1.165) is 19.4 Å². The van der Waals surface area contributed by atoms with Crippen molar-refractivity contribution in [1.82, 2.24) is 15.5 Å². The number of nitrogens with zero attached hydrogens (tertiary/aromatic N) is 1. The van der Waals surface area contributed by atoms with Crippen molar-refractivity contribution in [2.24, 2.45) is 5.92 Å². The van der Waals surface area contributed by atoms with E-state index in [1.165, 1.54) is 0 Å². The van der Waals surface area contributed by atoms with Crippen molar-refractivity contribution in [2.45, 2.75) is 39.2 Å². The Kier molecular flexibility index (Phi) is 8.95. The quantitative estimate of drug-likeness (QED) is 0.588. The van der Waals surface area contributed by atoms with E-state index in [1.807, 2.05) is 27.9 Å². The molecule has 6 heteroatoms. The highest BCUT2D eigenvalue weighted by molar-refractivity contribution is 5.76. The first-order valence-corrected chi connectivity index (χ1v) is 6.78. The lowest BCUT2D eigenvalue weighted by atomic mass is 10.0. The molecule has 0 bridgehead atoms. The van der Waals surface area contributed by atoms with Crippen LogP contribution in [0.3, 0.4) is 0 Å². The van der Waals surface area contributed by atoms with Gasteiger partial charge in [-0.15, -0.1) is 0 Å². The molecule has 0 heterocycles. The summed E-state index contributed by atoms with van der Waals surface area (Å²) in [6, 6.07) is -0.231. The maximum absolute atomic E-state index is 11.6. The zero-order valence-electron chi connectivity index (χ0n) is 12.4. The summed E-state index contributed by atoms with van der Waals surface area (Å²) in [6.07, 6.45) is 2.23. The summed E-state index contributed by atoms with van der Waals surface area (Å²) in [5.41, 5.74) is 0. The van der Waals surface area contributed by atoms with Crippen LogP contribution in [0.4, 0.5) is 4.79 Å². The highest BCUT2D eigenvalue weighted by atomic mass is 16.4. The van der Waals surface area contributed by atoms with Crippen molar-refractivity contribution >= 4 is 12.0 Å². The molecule has 0 radical (unpaired) electrons. The van der Waals surface area contributed by atoms with E-state index in [1.54, 1.807) is 0 Å². The number of nitrogens with one attached hydrogen (secondary N) is 2. The summed E-state index contributed by atoms with van der Waals surface area (Å²) in [5, 5.41) is 14.4. The molecular formula is C13H27N3O3. The molecule has 0 aliphatic carbocycles. The van der Waals surface area contributed by atoms with Crippen molar-refractivity contribution in [3.05, 3.63) is 0 Å². The Bertz CT molecular complexity index is 282. The Morgan fingerprint density at radius 2 is 1.89 bits per heavy atom. The molecule has 0 saturated carbocycles. The van der Waals surface area contributed by atoms with Gasteiger partial charge >= 0.3 is 12.0 Å². The number of carbonyl (C=O) groups is 2. The predicted molar refractivity (Wildman–Crippen MR) is 75.2 cm³/mol. The van der Waals surface area contributed by atoms with E-state index in [2.05, 4.69) is 15.5 Å². The fourth-order valence-corrected chi connectivity index (χ4v) is 1.68. The van der Waals surface area contributed by atoms with Gasteiger partial charge in [-0.05, 0) is 40.4 Å². The van der Waals surface area contributed by atoms with Crippen LogP contribution in [0.2, 0.25) is 0 Å². The van der Waals surface area contributed by atoms with Crippen LogP contribution in [-0.2, 0) is 4.79 Å². The van der Waals surface area contributed by atoms with E-state index >= 15 is 0 Å². The summed E-state index contributed by atoms with van der Waals surface area (Å²) >= 11 is 0. The first-order chi connectivity index (χ1) is 8.86. The number of urea groups is 1. The van der Waals surface area contributed by atoms with Crippen LogP contribution in [0, 0.1) is 5.92 Å². The van der Waals surface area contributed by atoms with Crippen LogP contribution in [0.15, 0.2) is 0 Å². The maximum atomic E-state index is 11.6. The van der Waals surface area contributed by atoms with Gasteiger partial charge in [0.05, 0.1) is 5.92 Å². The van der Waals surface area contributed by atoms with E-state index in [4.69, 9.17) is 5.11 Å². The fraction of sp³-hybridized carbons (Fsp3) is 0.846. The van der Waals surface area contributed by atoms with E-state index in [0.29, 0.717) is 6.42 Å². The van der Waals surface area contributed by atoms with Crippen LogP contribution < -0.4 is 10.6 Å². The number of aliphatic carboxylic acids is 1. The Hall–Kier alpha value is -1.30. The van der Waals surface area contributed by atoms with Gasteiger partial charge in [-0.25, -0.2) is 4.79 Å². The third-order valence-corrected chi connectivity index (χ3v) is 2.88. The lowest BCUT2D eigenvalue weighted by Gasteiger charge is -2.18. The van der Waals surface area contributed by atoms with Gasteiger partial charge in [0.2, 0.25) is 0 Å². The van der Waals surface area contributed by atoms with Crippen molar-refractivity contribution in [2.75, 3.05) is 27.2 Å². The normalized spacial score (nSPS) is 13.9. The first-order valence-electron chi connectivity index (χ1n) is 6.78. The van der Waals surface area contributed by atoms with Gasteiger partial charge in [-0.1, -0.05) is 13.3 Å². The maximum Gasteiger partial charge on any atom is 0.315 e. The van der Waals surface area contributed by atoms with E-state index < -0.39 is 11.9 Å². The second kappa shape index (κ2) is 9.61. The molecule has 0 aromatic rings. The number of rotatable bonds is 9. The summed E-state index contributed by atoms with van der Waals surface area (Å²) < 4.78 is 0. The number of hydrogen-bond donors (Lipinski definition) is 3. The number of amides is 2. The zero-order valence-corrected chi connectivity index (χ0v) is 12.4. The Labute approximate surface area is 115 Å². The molecule has 2 atom stereocenters. The second-order valence-electron chi connectivity index (χ2n) is 5.17. The molecule has 112 valence electrons. The van der Waals surface area contributed by atoms with Gasteiger partial charge in [-0.3, -0.25) is 4.79 Å². The summed E-state index contributed by atoms with van der Waals surface area (Å²) in [6.45, 7) is 4.94. The predicted octanol–water partition coefficient (Wildman–Crippen LogP) is 1.13. The van der Waals surface area contributed by atoms with Gasteiger partial charge in [0.25, 0.3) is 0 Å². The van der Waals surface area contributed by atoms with Crippen LogP contribution in [0.5, 0.6) is 0 Å². The second-order valence-corrected chi connectivity index (χ2v) is 5.17. The van der Waals surface area contributed by atoms with Crippen LogP contribution in [-0.4, -0.2) is 55.2 Å². The molecule has 0 aliphatic heterocycles. The van der Waals surface area contributed by atoms with Gasteiger partial charge in [0.15, 0.2) is 0 Å². The van der Waals surface area contributed by atoms with Crippen molar-refractivity contribution < 1.29 is 14.7 Å². The molecule has 3 N–H and O–H groups in total. The summed E-state index contributed by atoms with van der Waals surface area (Å²) in [4.78, 5) is 24.6. The Balaban J connectivity index is 3.93. The van der Waals surface area contributed by atoms with Gasteiger partial charge in [0, 0.05) is 12.6 Å². The molecule has 0 saturated heterocycles. The minimum atomic E-state index is -0.859. The number of carbonyl (C=O) groups excluding carboxylic acids is 1. The van der Waals surface area contributed by atoms with Crippen molar-refractivity contribution in [3.8, 4) is 0 Å². The lowest BCUT2D eigenvalue weighted by Crippen LogP contribution is -2.44. The SMILES string of the molecule is CCCC(CNC(=O)NC(C)CCN(C)C)C(=O)O.